The molecule has 15 nitrogen and oxygen atoms in total. The van der Waals surface area contributed by atoms with Gasteiger partial charge in [-0.1, -0.05) is 45.9 Å². The third-order valence-corrected chi connectivity index (χ3v) is 6.80. The number of aliphatic hydroxyl groups is 1. The lowest BCUT2D eigenvalue weighted by atomic mass is 10.4. The molecule has 0 aliphatic carbocycles. The summed E-state index contributed by atoms with van der Waals surface area (Å²) < 4.78 is 60.7. The summed E-state index contributed by atoms with van der Waals surface area (Å²) in [6.07, 6.45) is 0.396. The quantitative estimate of drug-likeness (QED) is 0.211. The molecule has 0 aromatic heterocycles. The molecule has 262 valence electrons. The molecule has 7 N–H and O–H groups in total. The molecule has 0 heterocycles. The first kappa shape index (κ1) is 58.3. The van der Waals surface area contributed by atoms with Gasteiger partial charge in [-0.2, -0.15) is 9.59 Å². The zero-order valence-corrected chi connectivity index (χ0v) is 32.5. The molecule has 43 heavy (non-hydrogen) atoms. The summed E-state index contributed by atoms with van der Waals surface area (Å²) in [5, 5.41) is 8.40. The number of carbonyl (C=O) groups excluding carboxylic acids is 2. The summed E-state index contributed by atoms with van der Waals surface area (Å²) in [5.41, 5.74) is 0. The first-order valence-corrected chi connectivity index (χ1v) is 26.2. The molecule has 0 aliphatic rings. The van der Waals surface area contributed by atoms with Crippen molar-refractivity contribution in [2.75, 3.05) is 72.0 Å². The van der Waals surface area contributed by atoms with Crippen molar-refractivity contribution in [2.45, 2.75) is 27.7 Å². The summed E-state index contributed by atoms with van der Waals surface area (Å²) in [7, 11) is -16.7. The van der Waals surface area contributed by atoms with Crippen molar-refractivity contribution in [2.24, 2.45) is 0 Å². The van der Waals surface area contributed by atoms with Gasteiger partial charge in [0.25, 0.3) is 0 Å². The number of benzene rings is 1. The van der Waals surface area contributed by atoms with Crippen molar-refractivity contribution >= 4 is 55.7 Å². The van der Waals surface area contributed by atoms with E-state index >= 15 is 0 Å². The van der Waals surface area contributed by atoms with Crippen molar-refractivity contribution in [1.82, 2.24) is 0 Å². The van der Waals surface area contributed by atoms with E-state index in [-0.39, 0.29) is 6.15 Å². The van der Waals surface area contributed by atoms with E-state index in [1.54, 1.807) is 38.1 Å². The predicted octanol–water partition coefficient (Wildman–Crippen LogP) is 4.34. The van der Waals surface area contributed by atoms with Crippen LogP contribution in [0.15, 0.2) is 30.3 Å². The molecule has 0 radical (unpaired) electrons. The summed E-state index contributed by atoms with van der Waals surface area (Å²) in [5.74, 6) is 0. The highest BCUT2D eigenvalue weighted by molar-refractivity contribution is 7.65. The third-order valence-electron chi connectivity index (χ3n) is 2.67. The Hall–Kier alpha value is -0.300. The fourth-order valence-electron chi connectivity index (χ4n) is 0.705. The van der Waals surface area contributed by atoms with E-state index < -0.39 is 50.6 Å². The van der Waals surface area contributed by atoms with Crippen molar-refractivity contribution in [3.8, 4) is 0 Å². The van der Waals surface area contributed by atoms with Crippen molar-refractivity contribution in [1.29, 1.82) is 0 Å². The Morgan fingerprint density at radius 2 is 0.721 bits per heavy atom. The van der Waals surface area contributed by atoms with Gasteiger partial charge in [0.15, 0.2) is 29.5 Å². The van der Waals surface area contributed by atoms with Crippen LogP contribution in [-0.2, 0) is 37.0 Å². The first-order chi connectivity index (χ1) is 18.7. The van der Waals surface area contributed by atoms with Gasteiger partial charge in [-0.3, -0.25) is 27.4 Å². The molecule has 1 aromatic rings. The van der Waals surface area contributed by atoms with E-state index in [0.717, 1.165) is 6.66 Å². The van der Waals surface area contributed by atoms with Crippen LogP contribution >= 0.6 is 44.2 Å². The second-order valence-electron chi connectivity index (χ2n) is 8.81. The van der Waals surface area contributed by atoms with Crippen LogP contribution in [0.3, 0.4) is 0 Å². The highest BCUT2D eigenvalue weighted by Gasteiger charge is 2.11. The van der Waals surface area contributed by atoms with Gasteiger partial charge in [0.1, 0.15) is 6.35 Å². The lowest BCUT2D eigenvalue weighted by Crippen LogP contribution is -2.00. The highest BCUT2D eigenvalue weighted by Crippen LogP contribution is 2.34. The molecule has 21 heteroatoms. The molecule has 0 saturated heterocycles. The molecule has 0 bridgehead atoms. The zero-order chi connectivity index (χ0) is 36.9. The number of hydrogen-bond donors (Lipinski definition) is 7. The van der Waals surface area contributed by atoms with E-state index in [9.17, 15) is 27.4 Å². The molecular formula is C22H54O15P6. The van der Waals surface area contributed by atoms with Crippen molar-refractivity contribution in [3.05, 3.63) is 30.3 Å². The Morgan fingerprint density at radius 1 is 0.558 bits per heavy atom. The number of hydrogen-bond acceptors (Lipinski definition) is 9. The second-order valence-corrected chi connectivity index (χ2v) is 24.1. The van der Waals surface area contributed by atoms with Crippen LogP contribution in [-0.4, -0.2) is 113 Å². The molecular weight excluding hydrogens is 690 g/mol. The highest BCUT2D eigenvalue weighted by atomic mass is 31.2. The third kappa shape index (κ3) is 128. The smallest absolute Gasteiger partial charge is 0.373 e. The topological polar surface area (TPSA) is 278 Å². The van der Waals surface area contributed by atoms with Crippen LogP contribution in [0.5, 0.6) is 0 Å². The average molecular weight is 745 g/mol. The summed E-state index contributed by atoms with van der Waals surface area (Å²) >= 11 is 0. The SMILES string of the molecule is CC.CCP(C)(=O)O.CCP(C)(=O)O.CP(=O)(O)CO.CP(=O)(O)c1ccccc1.CP(C)(=O)O.CP(C)(=O)O.O=C=O. The van der Waals surface area contributed by atoms with Crippen LogP contribution < -0.4 is 5.30 Å². The number of aliphatic hydroxyl groups excluding tert-OH is 1. The van der Waals surface area contributed by atoms with Crippen LogP contribution in [0.25, 0.3) is 0 Å². The minimum absolute atomic E-state index is 0.250. The number of rotatable bonds is 4. The van der Waals surface area contributed by atoms with E-state index in [4.69, 9.17) is 44.1 Å². The molecule has 4 unspecified atom stereocenters. The molecule has 0 aliphatic heterocycles. The van der Waals surface area contributed by atoms with E-state index in [1.807, 2.05) is 19.9 Å². The fraction of sp³-hybridized carbons (Fsp3) is 0.682. The summed E-state index contributed by atoms with van der Waals surface area (Å²) in [6.45, 7) is 17.7. The van der Waals surface area contributed by atoms with Gasteiger partial charge in [-0.05, 0) is 12.1 Å². The lowest BCUT2D eigenvalue weighted by molar-refractivity contribution is -0.191. The molecule has 0 saturated carbocycles. The van der Waals surface area contributed by atoms with Crippen LogP contribution in [0.1, 0.15) is 27.7 Å². The monoisotopic (exact) mass is 744 g/mol. The Morgan fingerprint density at radius 3 is 0.791 bits per heavy atom. The Balaban J connectivity index is -0.0000000715. The van der Waals surface area contributed by atoms with Gasteiger partial charge in [-0.15, -0.1) is 0 Å². The van der Waals surface area contributed by atoms with Gasteiger partial charge in [0, 0.05) is 70.9 Å². The largest absolute Gasteiger partial charge is 0.386 e. The van der Waals surface area contributed by atoms with E-state index in [1.165, 1.54) is 46.7 Å². The maximum Gasteiger partial charge on any atom is 0.373 e. The van der Waals surface area contributed by atoms with Crippen LogP contribution in [0, 0.1) is 0 Å². The van der Waals surface area contributed by atoms with E-state index in [0.29, 0.717) is 17.6 Å². The van der Waals surface area contributed by atoms with Crippen LogP contribution in [0.2, 0.25) is 0 Å². The lowest BCUT2D eigenvalue weighted by Gasteiger charge is -2.02. The van der Waals surface area contributed by atoms with Crippen molar-refractivity contribution in [3.63, 3.8) is 0 Å². The van der Waals surface area contributed by atoms with Crippen LogP contribution in [0.4, 0.5) is 0 Å². The molecule has 0 spiro atoms. The predicted molar refractivity (Wildman–Crippen MR) is 177 cm³/mol. The van der Waals surface area contributed by atoms with Gasteiger partial charge < -0.3 is 34.5 Å². The maximum atomic E-state index is 11.0. The fourth-order valence-corrected chi connectivity index (χ4v) is 1.43. The normalized spacial score (nSPS) is 15.1. The van der Waals surface area contributed by atoms with Gasteiger partial charge in [0.05, 0.1) is 0 Å². The molecule has 1 aromatic carbocycles. The minimum Gasteiger partial charge on any atom is -0.386 e. The van der Waals surface area contributed by atoms with Gasteiger partial charge >= 0.3 is 6.15 Å². The Kier molecular flexibility index (Phi) is 41.1. The van der Waals surface area contributed by atoms with E-state index in [2.05, 4.69) is 0 Å². The van der Waals surface area contributed by atoms with Gasteiger partial charge in [0.2, 0.25) is 14.7 Å². The maximum absolute atomic E-state index is 11.0. The molecule has 0 amide bonds. The molecule has 1 rings (SSSR count). The summed E-state index contributed by atoms with van der Waals surface area (Å²) in [6, 6.07) is 8.63. The molecule has 0 fully saturated rings. The van der Waals surface area contributed by atoms with Crippen molar-refractivity contribution < 1.29 is 71.4 Å². The van der Waals surface area contributed by atoms with Gasteiger partial charge in [-0.25, -0.2) is 0 Å². The Bertz CT molecular complexity index is 995. The molecule has 4 atom stereocenters. The Labute approximate surface area is 256 Å². The zero-order valence-electron chi connectivity index (χ0n) is 27.1. The first-order valence-electron chi connectivity index (χ1n) is 12.1. The second kappa shape index (κ2) is 30.4. The average Bonchev–Trinajstić information content (AvgIpc) is 2.79. The summed E-state index contributed by atoms with van der Waals surface area (Å²) in [4.78, 5) is 66.3. The minimum atomic E-state index is -3.09. The standard InChI is InChI=1S/C7H9O2P.2C3H9O2P.C2H7O3P.2C2H7O2P.C2H6.CO2/c1-10(8,9)7-5-3-2-4-6-7;2*1-3-6(2,4)5;1-6(4,5)2-3;2*1-5(2,3)4;1-2;2-1-3/h2-6H,1H3,(H,8,9);2*3H2,1-2H3,(H,4,5);3H,2H2,1H3,(H,4,5);2*1-2H3,(H,3,4);1-2H3;.